The summed E-state index contributed by atoms with van der Waals surface area (Å²) in [7, 11) is 0. The first-order chi connectivity index (χ1) is 14.4. The molecule has 2 saturated carbocycles. The van der Waals surface area contributed by atoms with Crippen LogP contribution in [0.4, 0.5) is 0 Å². The zero-order valence-corrected chi connectivity index (χ0v) is 19.3. The SMILES string of the molecule is C=C(I)C(O)OCCC(=O)OC(C1COC2(CCCC2)O1)C1COC2(CCCC2)O1. The number of hydrogen-bond acceptors (Lipinski definition) is 8. The molecule has 2 spiro atoms. The second kappa shape index (κ2) is 9.68. The molecule has 2 aliphatic carbocycles. The Labute approximate surface area is 190 Å². The van der Waals surface area contributed by atoms with Crippen LogP contribution in [0.15, 0.2) is 10.2 Å². The van der Waals surface area contributed by atoms with Crippen LogP contribution in [0.25, 0.3) is 0 Å². The van der Waals surface area contributed by atoms with Crippen molar-refractivity contribution in [3.05, 3.63) is 10.2 Å². The highest BCUT2D eigenvalue weighted by Crippen LogP contribution is 2.44. The van der Waals surface area contributed by atoms with Gasteiger partial charge in [0.1, 0.15) is 12.2 Å². The van der Waals surface area contributed by atoms with Crippen LogP contribution in [0.1, 0.15) is 57.8 Å². The van der Waals surface area contributed by atoms with Crippen molar-refractivity contribution in [3.63, 3.8) is 0 Å². The van der Waals surface area contributed by atoms with Gasteiger partial charge < -0.3 is 33.5 Å². The Morgan fingerprint density at radius 2 is 1.53 bits per heavy atom. The lowest BCUT2D eigenvalue weighted by Gasteiger charge is -2.30. The lowest BCUT2D eigenvalue weighted by Crippen LogP contribution is -2.45. The van der Waals surface area contributed by atoms with Gasteiger partial charge in [0.2, 0.25) is 0 Å². The van der Waals surface area contributed by atoms with Crippen LogP contribution in [-0.2, 0) is 33.2 Å². The summed E-state index contributed by atoms with van der Waals surface area (Å²) in [6, 6.07) is 0. The minimum Gasteiger partial charge on any atom is -0.457 e. The Kier molecular flexibility index (Phi) is 7.38. The Balaban J connectivity index is 1.37. The Bertz CT molecular complexity index is 594. The van der Waals surface area contributed by atoms with Crippen LogP contribution in [-0.4, -0.2) is 67.1 Å². The standard InChI is InChI=1S/C21H31IO8/c1-14(22)19(24)25-11-6-17(23)28-18(15-12-26-20(29-15)7-2-3-8-20)16-13-27-21(30-16)9-4-5-10-21/h15-16,18-19,24H,1-13H2. The van der Waals surface area contributed by atoms with E-state index in [9.17, 15) is 9.90 Å². The van der Waals surface area contributed by atoms with Gasteiger partial charge in [0, 0.05) is 29.3 Å². The molecule has 9 heteroatoms. The second-order valence-electron chi connectivity index (χ2n) is 8.54. The van der Waals surface area contributed by atoms with Crippen molar-refractivity contribution in [1.29, 1.82) is 0 Å². The average molecular weight is 538 g/mol. The quantitative estimate of drug-likeness (QED) is 0.287. The Hall–Kier alpha value is -0.300. The fourth-order valence-corrected chi connectivity index (χ4v) is 4.96. The van der Waals surface area contributed by atoms with Crippen LogP contribution in [0.3, 0.4) is 0 Å². The summed E-state index contributed by atoms with van der Waals surface area (Å²) in [6.45, 7) is 4.38. The van der Waals surface area contributed by atoms with E-state index in [4.69, 9.17) is 28.4 Å². The van der Waals surface area contributed by atoms with Crippen LogP contribution in [0.2, 0.25) is 0 Å². The monoisotopic (exact) mass is 538 g/mol. The van der Waals surface area contributed by atoms with E-state index in [1.165, 1.54) is 0 Å². The molecule has 3 unspecified atom stereocenters. The Morgan fingerprint density at radius 1 is 1.03 bits per heavy atom. The molecular formula is C21H31IO8. The number of halogens is 1. The molecule has 3 atom stereocenters. The predicted molar refractivity (Wildman–Crippen MR) is 114 cm³/mol. The lowest BCUT2D eigenvalue weighted by atomic mass is 10.1. The molecule has 2 saturated heterocycles. The molecule has 2 heterocycles. The Morgan fingerprint density at radius 3 is 2.00 bits per heavy atom. The number of ether oxygens (including phenoxy) is 6. The third kappa shape index (κ3) is 5.19. The predicted octanol–water partition coefficient (Wildman–Crippen LogP) is 2.94. The number of carbonyl (C=O) groups excluding carboxylic acids is 1. The van der Waals surface area contributed by atoms with Crippen molar-refractivity contribution in [3.8, 4) is 0 Å². The van der Waals surface area contributed by atoms with Crippen LogP contribution in [0, 0.1) is 0 Å². The van der Waals surface area contributed by atoms with Gasteiger partial charge in [0.15, 0.2) is 24.0 Å². The van der Waals surface area contributed by atoms with Gasteiger partial charge in [0.25, 0.3) is 0 Å². The van der Waals surface area contributed by atoms with Gasteiger partial charge >= 0.3 is 5.97 Å². The van der Waals surface area contributed by atoms with Gasteiger partial charge in [0.05, 0.1) is 26.2 Å². The zero-order valence-electron chi connectivity index (χ0n) is 17.2. The highest BCUT2D eigenvalue weighted by Gasteiger charge is 2.53. The second-order valence-corrected chi connectivity index (χ2v) is 9.93. The summed E-state index contributed by atoms with van der Waals surface area (Å²) in [4.78, 5) is 12.5. The summed E-state index contributed by atoms with van der Waals surface area (Å²) in [6.07, 6.45) is 5.27. The molecule has 0 aromatic rings. The summed E-state index contributed by atoms with van der Waals surface area (Å²) < 4.78 is 36.1. The van der Waals surface area contributed by atoms with Gasteiger partial charge in [-0.25, -0.2) is 0 Å². The third-order valence-electron chi connectivity index (χ3n) is 6.33. The summed E-state index contributed by atoms with van der Waals surface area (Å²) in [5.74, 6) is -1.53. The molecule has 0 aromatic carbocycles. The summed E-state index contributed by atoms with van der Waals surface area (Å²) in [5.41, 5.74) is 0. The van der Waals surface area contributed by atoms with E-state index in [0.29, 0.717) is 16.8 Å². The van der Waals surface area contributed by atoms with Crippen molar-refractivity contribution in [2.24, 2.45) is 0 Å². The third-order valence-corrected chi connectivity index (χ3v) is 6.87. The lowest BCUT2D eigenvalue weighted by molar-refractivity contribution is -0.207. The van der Waals surface area contributed by atoms with Crippen molar-refractivity contribution in [2.75, 3.05) is 19.8 Å². The summed E-state index contributed by atoms with van der Waals surface area (Å²) >= 11 is 1.88. The topological polar surface area (TPSA) is 92.7 Å². The molecule has 1 N–H and O–H groups in total. The largest absolute Gasteiger partial charge is 0.457 e. The molecule has 0 amide bonds. The van der Waals surface area contributed by atoms with Gasteiger partial charge in [-0.1, -0.05) is 6.58 Å². The van der Waals surface area contributed by atoms with Crippen LogP contribution < -0.4 is 0 Å². The minimum atomic E-state index is -1.10. The summed E-state index contributed by atoms with van der Waals surface area (Å²) in [5, 5.41) is 9.65. The minimum absolute atomic E-state index is 0.00885. The van der Waals surface area contributed by atoms with Crippen molar-refractivity contribution in [2.45, 2.75) is 94.0 Å². The maximum absolute atomic E-state index is 12.5. The molecule has 8 nitrogen and oxygen atoms in total. The van der Waals surface area contributed by atoms with E-state index in [-0.39, 0.29) is 13.0 Å². The number of esters is 1. The van der Waals surface area contributed by atoms with Crippen molar-refractivity contribution in [1.82, 2.24) is 0 Å². The highest BCUT2D eigenvalue weighted by atomic mass is 127. The smallest absolute Gasteiger partial charge is 0.308 e. The number of aliphatic hydroxyl groups is 1. The molecule has 4 rings (SSSR count). The highest BCUT2D eigenvalue weighted by molar-refractivity contribution is 14.1. The normalized spacial score (nSPS) is 31.4. The first-order valence-electron chi connectivity index (χ1n) is 10.9. The van der Waals surface area contributed by atoms with Gasteiger partial charge in [-0.3, -0.25) is 4.79 Å². The number of carbonyl (C=O) groups is 1. The molecular weight excluding hydrogens is 507 g/mol. The molecule has 4 aliphatic rings. The maximum Gasteiger partial charge on any atom is 0.308 e. The van der Waals surface area contributed by atoms with Crippen LogP contribution >= 0.6 is 22.6 Å². The zero-order chi connectivity index (χ0) is 21.2. The number of aliphatic hydroxyl groups excluding tert-OH is 1. The molecule has 0 radical (unpaired) electrons. The van der Waals surface area contributed by atoms with E-state index in [1.54, 1.807) is 0 Å². The van der Waals surface area contributed by atoms with Gasteiger partial charge in [-0.05, 0) is 48.3 Å². The molecule has 170 valence electrons. The fourth-order valence-electron chi connectivity index (χ4n) is 4.78. The van der Waals surface area contributed by atoms with E-state index >= 15 is 0 Å². The first kappa shape index (κ1) is 22.9. The molecule has 30 heavy (non-hydrogen) atoms. The number of rotatable bonds is 8. The maximum atomic E-state index is 12.5. The van der Waals surface area contributed by atoms with Gasteiger partial charge in [-0.2, -0.15) is 0 Å². The van der Waals surface area contributed by atoms with Crippen molar-refractivity contribution < 1.29 is 38.3 Å². The van der Waals surface area contributed by atoms with Gasteiger partial charge in [-0.15, -0.1) is 0 Å². The molecule has 2 aliphatic heterocycles. The average Bonchev–Trinajstić information content (AvgIpc) is 3.52. The van der Waals surface area contributed by atoms with E-state index in [1.807, 2.05) is 22.6 Å². The first-order valence-corrected chi connectivity index (χ1v) is 12.0. The van der Waals surface area contributed by atoms with Crippen molar-refractivity contribution >= 4 is 28.6 Å². The fraction of sp³-hybridized carbons (Fsp3) is 0.857. The van der Waals surface area contributed by atoms with E-state index in [0.717, 1.165) is 51.4 Å². The molecule has 0 bridgehead atoms. The van der Waals surface area contributed by atoms with Crippen LogP contribution in [0.5, 0.6) is 0 Å². The van der Waals surface area contributed by atoms with E-state index in [2.05, 4.69) is 6.58 Å². The number of hydrogen-bond donors (Lipinski definition) is 1. The molecule has 0 aromatic heterocycles. The van der Waals surface area contributed by atoms with E-state index < -0.39 is 42.1 Å². The molecule has 4 fully saturated rings.